The Morgan fingerprint density at radius 1 is 1.17 bits per heavy atom. The van der Waals surface area contributed by atoms with Gasteiger partial charge in [-0.2, -0.15) is 0 Å². The number of cyclic esters (lactones) is 1. The molecule has 4 heterocycles. The van der Waals surface area contributed by atoms with E-state index in [2.05, 4.69) is 5.32 Å². The van der Waals surface area contributed by atoms with Gasteiger partial charge in [-0.1, -0.05) is 37.3 Å². The predicted molar refractivity (Wildman–Crippen MR) is 172 cm³/mol. The van der Waals surface area contributed by atoms with Crippen LogP contribution in [0, 0.1) is 12.7 Å². The summed E-state index contributed by atoms with van der Waals surface area (Å²) in [6.07, 6.45) is 0.977. The number of halogens is 1. The molecular weight excluding hydrogens is 619 g/mol. The molecule has 1 unspecified atom stereocenters. The van der Waals surface area contributed by atoms with Crippen LogP contribution in [-0.4, -0.2) is 62.1 Å². The van der Waals surface area contributed by atoms with Crippen LogP contribution in [-0.2, 0) is 50.7 Å². The molecule has 3 N–H and O–H groups in total. The maximum Gasteiger partial charge on any atom is 0.343 e. The van der Waals surface area contributed by atoms with Gasteiger partial charge in [0.15, 0.2) is 5.60 Å². The number of amides is 2. The highest BCUT2D eigenvalue weighted by atomic mass is 19.1. The minimum absolute atomic E-state index is 0.00587. The van der Waals surface area contributed by atoms with Crippen molar-refractivity contribution in [3.05, 3.63) is 97.6 Å². The van der Waals surface area contributed by atoms with Crippen molar-refractivity contribution in [1.82, 2.24) is 19.8 Å². The molecule has 0 saturated heterocycles. The van der Waals surface area contributed by atoms with Crippen molar-refractivity contribution in [3.63, 3.8) is 0 Å². The number of aromatic nitrogens is 2. The maximum absolute atomic E-state index is 15.2. The fourth-order valence-corrected chi connectivity index (χ4v) is 7.41. The molecule has 2 aromatic heterocycles. The van der Waals surface area contributed by atoms with E-state index < -0.39 is 34.9 Å². The number of aliphatic hydroxyl groups is 2. The highest BCUT2D eigenvalue weighted by molar-refractivity contribution is 5.94. The van der Waals surface area contributed by atoms with E-state index in [0.29, 0.717) is 46.3 Å². The molecule has 0 radical (unpaired) electrons. The van der Waals surface area contributed by atoms with Crippen molar-refractivity contribution in [2.75, 3.05) is 19.7 Å². The summed E-state index contributed by atoms with van der Waals surface area (Å²) in [4.78, 5) is 59.4. The molecule has 1 aliphatic carbocycles. The zero-order chi connectivity index (χ0) is 33.9. The second kappa shape index (κ2) is 11.9. The highest BCUT2D eigenvalue weighted by Gasteiger charge is 2.46. The average molecular weight is 655 g/mol. The number of nitrogens with zero attached hydrogens (tertiary/aromatic N) is 3. The largest absolute Gasteiger partial charge is 0.458 e. The molecule has 0 saturated carbocycles. The number of hydrogen-bond donors (Lipinski definition) is 3. The molecule has 48 heavy (non-hydrogen) atoms. The van der Waals surface area contributed by atoms with E-state index in [0.717, 1.165) is 16.7 Å². The van der Waals surface area contributed by atoms with Gasteiger partial charge in [0.2, 0.25) is 11.8 Å². The van der Waals surface area contributed by atoms with Crippen molar-refractivity contribution in [3.8, 4) is 11.4 Å². The fraction of sp³-hybridized carbons (Fsp3) is 0.361. The number of aliphatic hydroxyl groups excluding tert-OH is 1. The molecule has 4 aromatic rings. The van der Waals surface area contributed by atoms with Crippen LogP contribution in [0.3, 0.4) is 0 Å². The molecule has 3 aliphatic rings. The zero-order valence-corrected chi connectivity index (χ0v) is 26.6. The van der Waals surface area contributed by atoms with Gasteiger partial charge < -0.3 is 29.7 Å². The van der Waals surface area contributed by atoms with Crippen molar-refractivity contribution >= 4 is 28.7 Å². The quantitative estimate of drug-likeness (QED) is 0.216. The van der Waals surface area contributed by atoms with E-state index in [1.54, 1.807) is 19.9 Å². The Kier molecular flexibility index (Phi) is 7.87. The van der Waals surface area contributed by atoms with E-state index >= 15 is 4.39 Å². The van der Waals surface area contributed by atoms with E-state index in [1.807, 2.05) is 30.3 Å². The Bertz CT molecular complexity index is 2080. The summed E-state index contributed by atoms with van der Waals surface area (Å²) >= 11 is 0. The van der Waals surface area contributed by atoms with Gasteiger partial charge in [-0.25, -0.2) is 14.2 Å². The molecule has 2 amide bonds. The van der Waals surface area contributed by atoms with Crippen LogP contribution in [0.1, 0.15) is 64.8 Å². The Balaban J connectivity index is 1.29. The van der Waals surface area contributed by atoms with Crippen LogP contribution in [0.5, 0.6) is 0 Å². The predicted octanol–water partition coefficient (Wildman–Crippen LogP) is 2.69. The highest BCUT2D eigenvalue weighted by Crippen LogP contribution is 2.46. The van der Waals surface area contributed by atoms with Gasteiger partial charge >= 0.3 is 5.97 Å². The normalized spacial score (nSPS) is 18.9. The molecule has 7 rings (SSSR count). The summed E-state index contributed by atoms with van der Waals surface area (Å²) in [5, 5.41) is 24.7. The van der Waals surface area contributed by atoms with Crippen molar-refractivity contribution in [2.24, 2.45) is 0 Å². The van der Waals surface area contributed by atoms with Gasteiger partial charge in [0, 0.05) is 29.1 Å². The molecule has 248 valence electrons. The number of esters is 1. The summed E-state index contributed by atoms with van der Waals surface area (Å²) in [6, 6.07) is 11.6. The van der Waals surface area contributed by atoms with Crippen LogP contribution in [0.4, 0.5) is 4.39 Å². The van der Waals surface area contributed by atoms with Crippen LogP contribution in [0.25, 0.3) is 22.3 Å². The minimum atomic E-state index is -2.00. The first kappa shape index (κ1) is 31.6. The van der Waals surface area contributed by atoms with E-state index in [-0.39, 0.29) is 62.7 Å². The Hall–Kier alpha value is -4.94. The smallest absolute Gasteiger partial charge is 0.343 e. The van der Waals surface area contributed by atoms with Crippen LogP contribution < -0.4 is 10.9 Å². The lowest BCUT2D eigenvalue weighted by Gasteiger charge is -2.31. The molecule has 2 aliphatic heterocycles. The number of hydrogen-bond acceptors (Lipinski definition) is 8. The first-order chi connectivity index (χ1) is 23.0. The number of fused-ring (bicyclic) bond motifs is 5. The number of pyridine rings is 2. The van der Waals surface area contributed by atoms with Crippen molar-refractivity contribution in [2.45, 2.75) is 64.3 Å². The van der Waals surface area contributed by atoms with E-state index in [9.17, 15) is 29.4 Å². The number of aryl methyl sites for hydroxylation is 1. The lowest BCUT2D eigenvalue weighted by Crippen LogP contribution is -2.44. The fourth-order valence-electron chi connectivity index (χ4n) is 7.41. The lowest BCUT2D eigenvalue weighted by atomic mass is 9.81. The summed E-state index contributed by atoms with van der Waals surface area (Å²) in [7, 11) is 0. The number of carbonyl (C=O) groups excluding carboxylic acids is 3. The number of nitrogens with one attached hydrogen (secondary N) is 1. The molecule has 12 heteroatoms. The Morgan fingerprint density at radius 2 is 1.94 bits per heavy atom. The number of benzene rings is 2. The lowest BCUT2D eigenvalue weighted by molar-refractivity contribution is -0.172. The van der Waals surface area contributed by atoms with Crippen molar-refractivity contribution < 1.29 is 33.7 Å². The van der Waals surface area contributed by atoms with Gasteiger partial charge in [0.25, 0.3) is 5.56 Å². The van der Waals surface area contributed by atoms with Crippen LogP contribution >= 0.6 is 0 Å². The third-order valence-electron chi connectivity index (χ3n) is 9.97. The molecule has 0 bridgehead atoms. The third kappa shape index (κ3) is 4.98. The first-order valence-corrected chi connectivity index (χ1v) is 16.1. The molecule has 2 aromatic carbocycles. The van der Waals surface area contributed by atoms with E-state index in [1.165, 1.54) is 15.5 Å². The monoisotopic (exact) mass is 654 g/mol. The maximum atomic E-state index is 15.2. The molecule has 11 nitrogen and oxygen atoms in total. The number of carbonyl (C=O) groups is 3. The standard InChI is InChI=1S/C36H35FN4O7/c1-3-36(47)24-14-28-33-22(16-41(28)34(45)23(24)18-48-35(36)46)32-26(10-9-21-19(2)25(37)15-27(39-33)31(21)32)38-29(43)17-40(11-12-42)30(44)13-20-7-5-4-6-8-20/h4-8,14-15,26,42,47H,3,9-13,16-18H2,1-2H3,(H,38,43)/t26?,36-/m0/s1. The summed E-state index contributed by atoms with van der Waals surface area (Å²) < 4.78 is 21.9. The van der Waals surface area contributed by atoms with Gasteiger partial charge in [-0.3, -0.25) is 14.4 Å². The van der Waals surface area contributed by atoms with Gasteiger partial charge in [0.05, 0.1) is 54.6 Å². The third-order valence-corrected chi connectivity index (χ3v) is 9.97. The number of ether oxygens (including phenoxy) is 1. The average Bonchev–Trinajstić information content (AvgIpc) is 3.44. The van der Waals surface area contributed by atoms with Crippen molar-refractivity contribution in [1.29, 1.82) is 0 Å². The topological polar surface area (TPSA) is 151 Å². The zero-order valence-electron chi connectivity index (χ0n) is 26.6. The van der Waals surface area contributed by atoms with Crippen LogP contribution in [0.15, 0.2) is 47.3 Å². The number of rotatable bonds is 8. The van der Waals surface area contributed by atoms with Gasteiger partial charge in [-0.05, 0) is 54.5 Å². The van der Waals surface area contributed by atoms with Gasteiger partial charge in [0.1, 0.15) is 12.4 Å². The molecular formula is C36H35FN4O7. The second-order valence-electron chi connectivity index (χ2n) is 12.7. The minimum Gasteiger partial charge on any atom is -0.458 e. The molecule has 0 spiro atoms. The SMILES string of the molecule is CC[C@@]1(O)C(=O)OCc2c1cc1n(c2=O)Cc2c-1nc1cc(F)c(C)c3c1c2C(NC(=O)CN(CCO)C(=O)Cc1ccccc1)CC3. The summed E-state index contributed by atoms with van der Waals surface area (Å²) in [6.45, 7) is 2.58. The molecule has 2 atom stereocenters. The molecule has 0 fully saturated rings. The van der Waals surface area contributed by atoms with E-state index in [4.69, 9.17) is 9.72 Å². The Morgan fingerprint density at radius 3 is 2.67 bits per heavy atom. The van der Waals surface area contributed by atoms with Gasteiger partial charge in [-0.15, -0.1) is 0 Å². The summed E-state index contributed by atoms with van der Waals surface area (Å²) in [5.41, 5.74) is 2.54. The van der Waals surface area contributed by atoms with Crippen LogP contribution in [0.2, 0.25) is 0 Å². The second-order valence-corrected chi connectivity index (χ2v) is 12.7. The summed E-state index contributed by atoms with van der Waals surface area (Å²) in [5.74, 6) is -1.98. The Labute approximate surface area is 275 Å². The first-order valence-electron chi connectivity index (χ1n) is 16.1.